The summed E-state index contributed by atoms with van der Waals surface area (Å²) in [6.45, 7) is 2.05. The monoisotopic (exact) mass is 388 g/mol. The zero-order chi connectivity index (χ0) is 19.2. The summed E-state index contributed by atoms with van der Waals surface area (Å²) in [7, 11) is 1.57. The van der Waals surface area contributed by atoms with E-state index in [1.54, 1.807) is 31.4 Å². The van der Waals surface area contributed by atoms with Gasteiger partial charge in [-0.3, -0.25) is 9.59 Å². The number of carbonyl (C=O) groups is 2. The molecule has 3 rings (SSSR count). The highest BCUT2D eigenvalue weighted by atomic mass is 35.5. The van der Waals surface area contributed by atoms with Crippen molar-refractivity contribution in [3.05, 3.63) is 63.7 Å². The Labute approximate surface area is 162 Å². The number of carbonyl (C=O) groups excluding carboxylic acids is 2. The Morgan fingerprint density at radius 1 is 1.11 bits per heavy atom. The maximum absolute atomic E-state index is 12.6. The molecule has 2 aromatic carbocycles. The summed E-state index contributed by atoms with van der Waals surface area (Å²) in [5.74, 6) is -0.531. The Kier molecular flexibility index (Phi) is 6.45. The van der Waals surface area contributed by atoms with Gasteiger partial charge in [-0.2, -0.15) is 0 Å². The minimum Gasteiger partial charge on any atom is -0.383 e. The van der Waals surface area contributed by atoms with E-state index >= 15 is 0 Å². The number of halogens is 1. The van der Waals surface area contributed by atoms with Crippen LogP contribution in [0, 0.1) is 0 Å². The Morgan fingerprint density at radius 3 is 2.70 bits per heavy atom. The lowest BCUT2D eigenvalue weighted by molar-refractivity contribution is 0.0936. The van der Waals surface area contributed by atoms with Crippen molar-refractivity contribution < 1.29 is 19.1 Å². The third-order valence-electron chi connectivity index (χ3n) is 4.31. The lowest BCUT2D eigenvalue weighted by Gasteiger charge is -2.17. The lowest BCUT2D eigenvalue weighted by atomic mass is 10.00. The Balaban J connectivity index is 1.73. The SMILES string of the molecule is COCCNC(=O)c1ccc(Cl)c(NC(=O)c2ccc3c(c2)CCOC3)c1. The molecule has 0 unspecified atom stereocenters. The average Bonchev–Trinajstić information content (AvgIpc) is 2.69. The van der Waals surface area contributed by atoms with Gasteiger partial charge in [0.2, 0.25) is 0 Å². The molecule has 27 heavy (non-hydrogen) atoms. The number of hydrogen-bond acceptors (Lipinski definition) is 4. The fourth-order valence-corrected chi connectivity index (χ4v) is 3.00. The Hall–Kier alpha value is -2.41. The second kappa shape index (κ2) is 8.99. The van der Waals surface area contributed by atoms with Crippen LogP contribution in [0.2, 0.25) is 5.02 Å². The molecule has 0 saturated heterocycles. The molecule has 2 aromatic rings. The van der Waals surface area contributed by atoms with Crippen molar-refractivity contribution in [2.24, 2.45) is 0 Å². The third-order valence-corrected chi connectivity index (χ3v) is 4.64. The average molecular weight is 389 g/mol. The van der Waals surface area contributed by atoms with E-state index < -0.39 is 0 Å². The van der Waals surface area contributed by atoms with Gasteiger partial charge in [0.05, 0.1) is 30.5 Å². The number of benzene rings is 2. The van der Waals surface area contributed by atoms with Crippen molar-refractivity contribution in [3.63, 3.8) is 0 Å². The highest BCUT2D eigenvalue weighted by Gasteiger charge is 2.15. The van der Waals surface area contributed by atoms with Crippen molar-refractivity contribution in [2.75, 3.05) is 32.2 Å². The van der Waals surface area contributed by atoms with Crippen LogP contribution in [0.5, 0.6) is 0 Å². The molecule has 142 valence electrons. The number of methoxy groups -OCH3 is 1. The van der Waals surface area contributed by atoms with E-state index in [4.69, 9.17) is 21.1 Å². The maximum atomic E-state index is 12.6. The van der Waals surface area contributed by atoms with E-state index in [9.17, 15) is 9.59 Å². The van der Waals surface area contributed by atoms with Gasteiger partial charge in [-0.15, -0.1) is 0 Å². The van der Waals surface area contributed by atoms with Crippen LogP contribution in [0.4, 0.5) is 5.69 Å². The molecule has 1 heterocycles. The molecular weight excluding hydrogens is 368 g/mol. The predicted molar refractivity (Wildman–Crippen MR) is 103 cm³/mol. The standard InChI is InChI=1S/C20H21ClN2O4/c1-26-9-7-22-19(24)15-4-5-17(21)18(11-15)23-20(25)14-2-3-16-12-27-8-6-13(16)10-14/h2-5,10-11H,6-9,12H2,1H3,(H,22,24)(H,23,25). The highest BCUT2D eigenvalue weighted by Crippen LogP contribution is 2.25. The third kappa shape index (κ3) is 4.86. The summed E-state index contributed by atoms with van der Waals surface area (Å²) in [5.41, 5.74) is 3.56. The number of nitrogens with one attached hydrogen (secondary N) is 2. The van der Waals surface area contributed by atoms with E-state index in [-0.39, 0.29) is 11.8 Å². The summed E-state index contributed by atoms with van der Waals surface area (Å²) < 4.78 is 10.3. The molecule has 6 nitrogen and oxygen atoms in total. The minimum atomic E-state index is -0.275. The van der Waals surface area contributed by atoms with Crippen LogP contribution in [0.15, 0.2) is 36.4 Å². The van der Waals surface area contributed by atoms with Crippen molar-refractivity contribution in [1.82, 2.24) is 5.32 Å². The summed E-state index contributed by atoms with van der Waals surface area (Å²) in [4.78, 5) is 24.8. The smallest absolute Gasteiger partial charge is 0.255 e. The molecule has 1 aliphatic heterocycles. The number of amides is 2. The van der Waals surface area contributed by atoms with Crippen LogP contribution in [0.25, 0.3) is 0 Å². The lowest BCUT2D eigenvalue weighted by Crippen LogP contribution is -2.27. The number of hydrogen-bond donors (Lipinski definition) is 2. The summed E-state index contributed by atoms with van der Waals surface area (Å²) in [5, 5.41) is 5.89. The summed E-state index contributed by atoms with van der Waals surface area (Å²) >= 11 is 6.19. The minimum absolute atomic E-state index is 0.256. The van der Waals surface area contributed by atoms with Crippen LogP contribution in [-0.4, -0.2) is 38.7 Å². The molecule has 0 fully saturated rings. The zero-order valence-electron chi connectivity index (χ0n) is 15.0. The topological polar surface area (TPSA) is 76.7 Å². The Morgan fingerprint density at radius 2 is 1.89 bits per heavy atom. The molecule has 2 N–H and O–H groups in total. The van der Waals surface area contributed by atoms with Gasteiger partial charge in [0, 0.05) is 24.8 Å². The number of anilines is 1. The zero-order valence-corrected chi connectivity index (χ0v) is 15.8. The quantitative estimate of drug-likeness (QED) is 0.746. The second-order valence-electron chi connectivity index (χ2n) is 6.18. The number of fused-ring (bicyclic) bond motifs is 1. The molecule has 7 heteroatoms. The van der Waals surface area contributed by atoms with E-state index in [0.29, 0.717) is 48.2 Å². The normalized spacial score (nSPS) is 13.0. The summed E-state index contributed by atoms with van der Waals surface area (Å²) in [6, 6.07) is 10.3. The second-order valence-corrected chi connectivity index (χ2v) is 6.59. The Bertz CT molecular complexity index is 854. The van der Waals surface area contributed by atoms with Crippen LogP contribution in [-0.2, 0) is 22.5 Å². The molecule has 0 aliphatic carbocycles. The van der Waals surface area contributed by atoms with Crippen LogP contribution in [0.3, 0.4) is 0 Å². The molecule has 0 radical (unpaired) electrons. The van der Waals surface area contributed by atoms with E-state index in [1.807, 2.05) is 12.1 Å². The van der Waals surface area contributed by atoms with Crippen LogP contribution >= 0.6 is 11.6 Å². The van der Waals surface area contributed by atoms with Crippen molar-refractivity contribution in [1.29, 1.82) is 0 Å². The van der Waals surface area contributed by atoms with Gasteiger partial charge in [-0.25, -0.2) is 0 Å². The first-order chi connectivity index (χ1) is 13.1. The van der Waals surface area contributed by atoms with Gasteiger partial charge >= 0.3 is 0 Å². The predicted octanol–water partition coefficient (Wildman–Crippen LogP) is 3.04. The van der Waals surface area contributed by atoms with Gasteiger partial charge < -0.3 is 20.1 Å². The van der Waals surface area contributed by atoms with Crippen LogP contribution in [0.1, 0.15) is 31.8 Å². The first-order valence-electron chi connectivity index (χ1n) is 8.66. The van der Waals surface area contributed by atoms with E-state index in [2.05, 4.69) is 10.6 Å². The largest absolute Gasteiger partial charge is 0.383 e. The molecule has 2 amide bonds. The molecule has 0 aromatic heterocycles. The van der Waals surface area contributed by atoms with Gasteiger partial charge in [0.25, 0.3) is 11.8 Å². The molecule has 0 bridgehead atoms. The fraction of sp³-hybridized carbons (Fsp3) is 0.300. The highest BCUT2D eigenvalue weighted by molar-refractivity contribution is 6.34. The molecule has 0 spiro atoms. The van der Waals surface area contributed by atoms with Gasteiger partial charge in [-0.1, -0.05) is 17.7 Å². The molecule has 0 atom stereocenters. The molecule has 1 aliphatic rings. The maximum Gasteiger partial charge on any atom is 0.255 e. The van der Waals surface area contributed by atoms with Gasteiger partial charge in [0.1, 0.15) is 0 Å². The van der Waals surface area contributed by atoms with Crippen LogP contribution < -0.4 is 10.6 Å². The van der Waals surface area contributed by atoms with Crippen molar-refractivity contribution in [3.8, 4) is 0 Å². The number of rotatable bonds is 6. The van der Waals surface area contributed by atoms with Gasteiger partial charge in [-0.05, 0) is 47.9 Å². The van der Waals surface area contributed by atoms with E-state index in [0.717, 1.165) is 17.5 Å². The summed E-state index contributed by atoms with van der Waals surface area (Å²) in [6.07, 6.45) is 0.786. The molecule has 0 saturated carbocycles. The van der Waals surface area contributed by atoms with Crippen molar-refractivity contribution >= 4 is 29.1 Å². The fourth-order valence-electron chi connectivity index (χ4n) is 2.83. The van der Waals surface area contributed by atoms with E-state index in [1.165, 1.54) is 0 Å². The first-order valence-corrected chi connectivity index (χ1v) is 9.04. The number of ether oxygens (including phenoxy) is 2. The molecular formula is C20H21ClN2O4. The first kappa shape index (κ1) is 19.4. The van der Waals surface area contributed by atoms with Crippen molar-refractivity contribution in [2.45, 2.75) is 13.0 Å². The van der Waals surface area contributed by atoms with Gasteiger partial charge in [0.15, 0.2) is 0 Å².